The van der Waals surface area contributed by atoms with Crippen molar-refractivity contribution in [3.8, 4) is 5.95 Å². The predicted octanol–water partition coefficient (Wildman–Crippen LogP) is -1.29. The number of hydrogen-bond acceptors (Lipinski definition) is 8. The number of benzene rings is 1. The maximum atomic E-state index is 13.1. The number of sulfonamides is 1. The van der Waals surface area contributed by atoms with Gasteiger partial charge in [0.25, 0.3) is 11.6 Å². The Morgan fingerprint density at radius 3 is 2.56 bits per heavy atom. The molecule has 2 aromatic rings. The molecule has 2 aliphatic rings. The first kappa shape index (κ1) is 22.1. The SMILES string of the molecule is C[n+]1noc([O-])c1CN1C(=S)N(C2CC2)C(=O)C1CC(=O)Nc1ccc(S(N)(=O)=O)cc1. The number of primary sulfonamides is 1. The molecule has 1 unspecified atom stereocenters. The normalized spacial score (nSPS) is 19.0. The standard InChI is InChI=1S/C18H20N6O6S2/c1-22-14(17(27)30-21-22)9-23-13(16(26)24(18(23)31)11-4-5-11)8-15(25)20-10-2-6-12(7-3-10)32(19,28)29/h2-3,6-7,11,13H,4-5,8-9H2,1H3,(H3-,19,20,21,25,27,28,29). The number of nitrogens with two attached hydrogens (primary N) is 1. The van der Waals surface area contributed by atoms with Gasteiger partial charge in [0.1, 0.15) is 12.6 Å². The Labute approximate surface area is 188 Å². The summed E-state index contributed by atoms with van der Waals surface area (Å²) in [6.45, 7) is -0.0341. The summed E-state index contributed by atoms with van der Waals surface area (Å²) in [6, 6.07) is 4.43. The highest BCUT2D eigenvalue weighted by molar-refractivity contribution is 7.89. The van der Waals surface area contributed by atoms with Gasteiger partial charge < -0.3 is 19.8 Å². The maximum Gasteiger partial charge on any atom is 0.252 e. The van der Waals surface area contributed by atoms with Crippen LogP contribution in [-0.2, 0) is 33.2 Å². The monoisotopic (exact) mass is 480 g/mol. The molecular formula is C18H20N6O6S2. The van der Waals surface area contributed by atoms with Crippen molar-refractivity contribution in [1.82, 2.24) is 15.1 Å². The fraction of sp³-hybridized carbons (Fsp3) is 0.389. The summed E-state index contributed by atoms with van der Waals surface area (Å²) in [5.41, 5.74) is 0.537. The number of hydrogen-bond donors (Lipinski definition) is 2. The highest BCUT2D eigenvalue weighted by atomic mass is 32.2. The van der Waals surface area contributed by atoms with E-state index in [1.165, 1.54) is 45.8 Å². The number of aromatic nitrogens is 2. The molecule has 2 fully saturated rings. The fourth-order valence-electron chi connectivity index (χ4n) is 3.48. The van der Waals surface area contributed by atoms with Crippen molar-refractivity contribution < 1.29 is 32.3 Å². The second-order valence-electron chi connectivity index (χ2n) is 7.62. The topological polar surface area (TPSA) is 166 Å². The van der Waals surface area contributed by atoms with Gasteiger partial charge in [-0.3, -0.25) is 14.5 Å². The third-order valence-corrected chi connectivity index (χ3v) is 6.66. The number of aryl methyl sites for hydroxylation is 1. The number of nitrogens with one attached hydrogen (secondary N) is 1. The van der Waals surface area contributed by atoms with Gasteiger partial charge in [-0.15, -0.1) is 0 Å². The molecule has 12 nitrogen and oxygen atoms in total. The Morgan fingerprint density at radius 2 is 2.03 bits per heavy atom. The van der Waals surface area contributed by atoms with Crippen molar-refractivity contribution in [2.24, 2.45) is 12.2 Å². The Balaban J connectivity index is 1.52. The summed E-state index contributed by atoms with van der Waals surface area (Å²) in [5.74, 6) is -1.43. The number of thiocarbonyl (C=S) groups is 1. The zero-order valence-electron chi connectivity index (χ0n) is 16.9. The molecule has 1 atom stereocenters. The molecule has 170 valence electrons. The molecule has 3 N–H and O–H groups in total. The molecule has 4 rings (SSSR count). The van der Waals surface area contributed by atoms with Crippen LogP contribution in [0.5, 0.6) is 5.95 Å². The molecule has 1 aromatic heterocycles. The van der Waals surface area contributed by atoms with E-state index < -0.39 is 27.9 Å². The van der Waals surface area contributed by atoms with Crippen molar-refractivity contribution in [1.29, 1.82) is 0 Å². The van der Waals surface area contributed by atoms with Gasteiger partial charge in [-0.25, -0.2) is 13.6 Å². The van der Waals surface area contributed by atoms with Crippen molar-refractivity contribution in [3.05, 3.63) is 30.0 Å². The minimum absolute atomic E-state index is 0.000681. The van der Waals surface area contributed by atoms with Gasteiger partial charge in [-0.1, -0.05) is 4.68 Å². The van der Waals surface area contributed by atoms with Crippen LogP contribution in [0.3, 0.4) is 0 Å². The average Bonchev–Trinajstić information content (AvgIpc) is 3.46. The molecule has 14 heteroatoms. The molecule has 1 aliphatic heterocycles. The van der Waals surface area contributed by atoms with Gasteiger partial charge in [0.2, 0.25) is 15.9 Å². The molecule has 1 aliphatic carbocycles. The summed E-state index contributed by atoms with van der Waals surface area (Å²) in [5, 5.41) is 23.5. The summed E-state index contributed by atoms with van der Waals surface area (Å²) in [7, 11) is -2.32. The van der Waals surface area contributed by atoms with E-state index in [9.17, 15) is 23.1 Å². The van der Waals surface area contributed by atoms with E-state index in [0.717, 1.165) is 12.8 Å². The molecule has 0 spiro atoms. The Bertz CT molecular complexity index is 1170. The summed E-state index contributed by atoms with van der Waals surface area (Å²) >= 11 is 5.49. The number of carbonyl (C=O) groups excluding carboxylic acids is 2. The Hall–Kier alpha value is -3.10. The van der Waals surface area contributed by atoms with Crippen LogP contribution in [0.2, 0.25) is 0 Å². The van der Waals surface area contributed by atoms with E-state index in [2.05, 4.69) is 15.1 Å². The van der Waals surface area contributed by atoms with Crippen LogP contribution in [0.15, 0.2) is 33.7 Å². The second kappa shape index (κ2) is 8.11. The Morgan fingerprint density at radius 1 is 1.38 bits per heavy atom. The summed E-state index contributed by atoms with van der Waals surface area (Å²) in [6.07, 6.45) is 1.42. The lowest BCUT2D eigenvalue weighted by Crippen LogP contribution is -2.42. The highest BCUT2D eigenvalue weighted by Gasteiger charge is 2.49. The van der Waals surface area contributed by atoms with Crippen molar-refractivity contribution in [2.75, 3.05) is 5.32 Å². The van der Waals surface area contributed by atoms with Crippen LogP contribution < -0.4 is 20.2 Å². The van der Waals surface area contributed by atoms with Gasteiger partial charge in [0, 0.05) is 11.7 Å². The van der Waals surface area contributed by atoms with E-state index >= 15 is 0 Å². The number of carbonyl (C=O) groups is 2. The van der Waals surface area contributed by atoms with Gasteiger partial charge in [0.05, 0.1) is 16.6 Å². The molecule has 1 saturated heterocycles. The van der Waals surface area contributed by atoms with Crippen LogP contribution in [-0.4, -0.2) is 52.5 Å². The highest BCUT2D eigenvalue weighted by Crippen LogP contribution is 2.34. The number of anilines is 1. The second-order valence-corrected chi connectivity index (χ2v) is 9.54. The number of amides is 2. The summed E-state index contributed by atoms with van der Waals surface area (Å²) in [4.78, 5) is 28.7. The van der Waals surface area contributed by atoms with Crippen molar-refractivity contribution >= 4 is 44.9 Å². The van der Waals surface area contributed by atoms with E-state index in [0.29, 0.717) is 5.69 Å². The minimum Gasteiger partial charge on any atom is -0.539 e. The molecule has 1 aromatic carbocycles. The molecule has 1 saturated carbocycles. The van der Waals surface area contributed by atoms with Gasteiger partial charge in [0.15, 0.2) is 18.1 Å². The molecule has 32 heavy (non-hydrogen) atoms. The zero-order valence-corrected chi connectivity index (χ0v) is 18.6. The molecule has 0 radical (unpaired) electrons. The van der Waals surface area contributed by atoms with Gasteiger partial charge in [-0.2, -0.15) is 0 Å². The lowest BCUT2D eigenvalue weighted by atomic mass is 10.1. The van der Waals surface area contributed by atoms with Crippen LogP contribution >= 0.6 is 12.2 Å². The van der Waals surface area contributed by atoms with Crippen molar-refractivity contribution in [2.45, 2.75) is 42.8 Å². The minimum atomic E-state index is -3.85. The maximum absolute atomic E-state index is 13.1. The lowest BCUT2D eigenvalue weighted by molar-refractivity contribution is -0.746. The third kappa shape index (κ3) is 4.28. The lowest BCUT2D eigenvalue weighted by Gasteiger charge is -2.22. The molecule has 0 bridgehead atoms. The number of nitrogens with zero attached hydrogens (tertiary/aromatic N) is 4. The van der Waals surface area contributed by atoms with Crippen molar-refractivity contribution in [3.63, 3.8) is 0 Å². The molecular weight excluding hydrogens is 460 g/mol. The predicted molar refractivity (Wildman–Crippen MR) is 110 cm³/mol. The van der Waals surface area contributed by atoms with Gasteiger partial charge in [-0.05, 0) is 49.3 Å². The largest absolute Gasteiger partial charge is 0.539 e. The Kier molecular flexibility index (Phi) is 5.60. The van der Waals surface area contributed by atoms with Crippen LogP contribution in [0, 0.1) is 0 Å². The number of rotatable bonds is 7. The third-order valence-electron chi connectivity index (χ3n) is 5.30. The van der Waals surface area contributed by atoms with Crippen LogP contribution in [0.4, 0.5) is 5.69 Å². The zero-order chi connectivity index (χ0) is 23.2. The van der Waals surface area contributed by atoms with E-state index in [1.807, 2.05) is 0 Å². The molecule has 2 heterocycles. The first-order valence-electron chi connectivity index (χ1n) is 9.64. The average molecular weight is 481 g/mol. The summed E-state index contributed by atoms with van der Waals surface area (Å²) < 4.78 is 28.6. The first-order valence-corrected chi connectivity index (χ1v) is 11.6. The molecule has 2 amide bonds. The first-order chi connectivity index (χ1) is 15.1. The smallest absolute Gasteiger partial charge is 0.252 e. The van der Waals surface area contributed by atoms with E-state index in [-0.39, 0.29) is 40.6 Å². The van der Waals surface area contributed by atoms with Gasteiger partial charge >= 0.3 is 0 Å². The quantitative estimate of drug-likeness (QED) is 0.362. The van der Waals surface area contributed by atoms with Crippen LogP contribution in [0.1, 0.15) is 25.0 Å². The van der Waals surface area contributed by atoms with E-state index in [4.69, 9.17) is 17.4 Å². The van der Waals surface area contributed by atoms with E-state index in [1.54, 1.807) is 0 Å². The fourth-order valence-corrected chi connectivity index (χ4v) is 4.43. The van der Waals surface area contributed by atoms with Crippen LogP contribution in [0.25, 0.3) is 0 Å².